The largest absolute Gasteiger partial charge is 0.467 e. The molecule has 4 saturated carbocycles. The molecule has 4 aliphatic rings. The number of H-pyrrole nitrogens is 1. The van der Waals surface area contributed by atoms with Gasteiger partial charge in [0, 0.05) is 11.7 Å². The molecule has 4 aliphatic carbocycles. The molecule has 2 heterocycles. The third-order valence-electron chi connectivity index (χ3n) is 7.14. The smallest absolute Gasteiger partial charge is 0.344 e. The monoisotopic (exact) mass is 410 g/mol. The van der Waals surface area contributed by atoms with E-state index in [2.05, 4.69) is 4.98 Å². The first-order valence-corrected chi connectivity index (χ1v) is 10.7. The maximum atomic E-state index is 13.3. The fourth-order valence-electron chi connectivity index (χ4n) is 6.34. The molecule has 7 nitrogen and oxygen atoms in total. The van der Waals surface area contributed by atoms with Gasteiger partial charge in [0.25, 0.3) is 11.5 Å². The van der Waals surface area contributed by atoms with E-state index in [9.17, 15) is 14.4 Å². The van der Waals surface area contributed by atoms with Gasteiger partial charge in [0.05, 0.1) is 12.8 Å². The van der Waals surface area contributed by atoms with Crippen LogP contribution >= 0.6 is 0 Å². The van der Waals surface area contributed by atoms with Crippen molar-refractivity contribution in [3.8, 4) is 0 Å². The third kappa shape index (κ3) is 3.46. The summed E-state index contributed by atoms with van der Waals surface area (Å²) in [5.74, 6) is 1.74. The average Bonchev–Trinajstić information content (AvgIpc) is 3.22. The number of rotatable bonds is 6. The van der Waals surface area contributed by atoms with Gasteiger partial charge in [0.1, 0.15) is 11.3 Å². The highest BCUT2D eigenvalue weighted by Gasteiger charge is 2.54. The fourth-order valence-corrected chi connectivity index (χ4v) is 6.34. The summed E-state index contributed by atoms with van der Waals surface area (Å²) in [4.78, 5) is 41.8. The van der Waals surface area contributed by atoms with Gasteiger partial charge in [-0.25, -0.2) is 4.79 Å². The summed E-state index contributed by atoms with van der Waals surface area (Å²) < 4.78 is 10.8. The summed E-state index contributed by atoms with van der Waals surface area (Å²) in [6, 6.07) is 6.64. The number of hydrogen-bond acceptors (Lipinski definition) is 5. The average molecular weight is 410 g/mol. The molecule has 0 spiro atoms. The first kappa shape index (κ1) is 19.2. The number of hydrogen-bond donors (Lipinski definition) is 1. The zero-order valence-electron chi connectivity index (χ0n) is 16.8. The van der Waals surface area contributed by atoms with Crippen LogP contribution in [-0.2, 0) is 16.1 Å². The Morgan fingerprint density at radius 1 is 1.10 bits per heavy atom. The molecule has 0 atom stereocenters. The first-order valence-electron chi connectivity index (χ1n) is 10.7. The van der Waals surface area contributed by atoms with E-state index in [1.807, 2.05) is 17.0 Å². The van der Waals surface area contributed by atoms with Gasteiger partial charge in [-0.15, -0.1) is 0 Å². The molecule has 7 heteroatoms. The highest BCUT2D eigenvalue weighted by Crippen LogP contribution is 2.58. The van der Waals surface area contributed by atoms with Crippen LogP contribution in [0, 0.1) is 17.8 Å². The van der Waals surface area contributed by atoms with E-state index in [0.717, 1.165) is 25.0 Å². The molecule has 30 heavy (non-hydrogen) atoms. The second-order valence-corrected chi connectivity index (χ2v) is 9.19. The molecule has 6 rings (SSSR count). The maximum Gasteiger partial charge on any atom is 0.344 e. The van der Waals surface area contributed by atoms with Crippen LogP contribution in [-0.4, -0.2) is 33.9 Å². The maximum absolute atomic E-state index is 13.3. The minimum atomic E-state index is -0.784. The summed E-state index contributed by atoms with van der Waals surface area (Å²) in [6.07, 6.45) is 9.91. The van der Waals surface area contributed by atoms with Crippen molar-refractivity contribution in [2.75, 3.05) is 6.61 Å². The van der Waals surface area contributed by atoms with Gasteiger partial charge in [-0.2, -0.15) is 0 Å². The molecule has 0 aromatic carbocycles. The zero-order valence-corrected chi connectivity index (χ0v) is 16.8. The topological polar surface area (TPSA) is 92.6 Å². The highest BCUT2D eigenvalue weighted by molar-refractivity contribution is 5.91. The SMILES string of the molecule is O=C(OCC(=O)N(Cc1ccco1)C12CC3CC(CC(C3)C1)C2)c1ccc[nH]c1=O. The normalized spacial score (nSPS) is 29.0. The minimum absolute atomic E-state index is 0.0994. The Hall–Kier alpha value is -2.83. The Morgan fingerprint density at radius 3 is 2.40 bits per heavy atom. The first-order chi connectivity index (χ1) is 14.5. The molecule has 0 radical (unpaired) electrons. The predicted molar refractivity (Wildman–Crippen MR) is 108 cm³/mol. The number of nitrogens with zero attached hydrogens (tertiary/aromatic N) is 1. The van der Waals surface area contributed by atoms with E-state index >= 15 is 0 Å². The quantitative estimate of drug-likeness (QED) is 0.739. The summed E-state index contributed by atoms with van der Waals surface area (Å²) in [5.41, 5.74) is -0.809. The summed E-state index contributed by atoms with van der Waals surface area (Å²) >= 11 is 0. The van der Waals surface area contributed by atoms with Crippen LogP contribution in [0.5, 0.6) is 0 Å². The molecule has 1 amide bonds. The number of carbonyl (C=O) groups is 2. The molecule has 2 aromatic heterocycles. The molecule has 0 saturated heterocycles. The number of esters is 1. The van der Waals surface area contributed by atoms with Crippen molar-refractivity contribution in [2.24, 2.45) is 17.8 Å². The molecule has 158 valence electrons. The van der Waals surface area contributed by atoms with Gasteiger partial charge >= 0.3 is 5.97 Å². The number of amides is 1. The van der Waals surface area contributed by atoms with Crippen molar-refractivity contribution >= 4 is 11.9 Å². The summed E-state index contributed by atoms with van der Waals surface area (Å²) in [5, 5.41) is 0. The van der Waals surface area contributed by atoms with Crippen LogP contribution < -0.4 is 5.56 Å². The van der Waals surface area contributed by atoms with Crippen LogP contribution in [0.4, 0.5) is 0 Å². The molecular weight excluding hydrogens is 384 g/mol. The molecule has 4 fully saturated rings. The third-order valence-corrected chi connectivity index (χ3v) is 7.14. The van der Waals surface area contributed by atoms with Crippen LogP contribution in [0.3, 0.4) is 0 Å². The van der Waals surface area contributed by atoms with Crippen molar-refractivity contribution in [1.82, 2.24) is 9.88 Å². The van der Waals surface area contributed by atoms with Gasteiger partial charge in [-0.05, 0) is 80.5 Å². The lowest BCUT2D eigenvalue weighted by Gasteiger charge is -2.60. The number of carbonyl (C=O) groups excluding carboxylic acids is 2. The van der Waals surface area contributed by atoms with Crippen LogP contribution in [0.1, 0.15) is 54.6 Å². The Labute approximate surface area is 174 Å². The fraction of sp³-hybridized carbons (Fsp3) is 0.522. The molecule has 2 aromatic rings. The second kappa shape index (κ2) is 7.45. The van der Waals surface area contributed by atoms with Crippen molar-refractivity contribution in [1.29, 1.82) is 0 Å². The highest BCUT2D eigenvalue weighted by atomic mass is 16.5. The zero-order chi connectivity index (χ0) is 20.7. The number of nitrogens with one attached hydrogen (secondary N) is 1. The summed E-state index contributed by atoms with van der Waals surface area (Å²) in [6.45, 7) is -0.00289. The summed E-state index contributed by atoms with van der Waals surface area (Å²) in [7, 11) is 0. The number of pyridine rings is 1. The Morgan fingerprint density at radius 2 is 1.80 bits per heavy atom. The van der Waals surface area contributed by atoms with E-state index in [-0.39, 0.29) is 23.6 Å². The van der Waals surface area contributed by atoms with Crippen molar-refractivity contribution < 1.29 is 18.7 Å². The second-order valence-electron chi connectivity index (χ2n) is 9.19. The molecular formula is C23H26N2O5. The lowest BCUT2D eigenvalue weighted by molar-refractivity contribution is -0.156. The molecule has 0 unspecified atom stereocenters. The number of furan rings is 1. The van der Waals surface area contributed by atoms with Crippen molar-refractivity contribution in [3.05, 3.63) is 58.4 Å². The van der Waals surface area contributed by atoms with Crippen molar-refractivity contribution in [2.45, 2.75) is 50.6 Å². The van der Waals surface area contributed by atoms with Gasteiger partial charge in [0.15, 0.2) is 6.61 Å². The Balaban J connectivity index is 1.36. The van der Waals surface area contributed by atoms with E-state index in [1.165, 1.54) is 31.5 Å². The Kier molecular flexibility index (Phi) is 4.76. The number of aromatic nitrogens is 1. The van der Waals surface area contributed by atoms with Crippen molar-refractivity contribution in [3.63, 3.8) is 0 Å². The Bertz CT molecular complexity index is 958. The molecule has 1 N–H and O–H groups in total. The van der Waals surface area contributed by atoms with E-state index < -0.39 is 11.5 Å². The van der Waals surface area contributed by atoms with E-state index in [1.54, 1.807) is 12.3 Å². The van der Waals surface area contributed by atoms with Gasteiger partial charge in [-0.1, -0.05) is 0 Å². The number of ether oxygens (including phenoxy) is 1. The lowest BCUT2D eigenvalue weighted by Crippen LogP contribution is -2.61. The van der Waals surface area contributed by atoms with Crippen LogP contribution in [0.15, 0.2) is 45.9 Å². The van der Waals surface area contributed by atoms with Gasteiger partial charge in [-0.3, -0.25) is 9.59 Å². The predicted octanol–water partition coefficient (Wildman–Crippen LogP) is 3.12. The lowest BCUT2D eigenvalue weighted by atomic mass is 9.52. The molecule has 0 aliphatic heterocycles. The van der Waals surface area contributed by atoms with E-state index in [0.29, 0.717) is 24.3 Å². The van der Waals surface area contributed by atoms with Crippen LogP contribution in [0.2, 0.25) is 0 Å². The van der Waals surface area contributed by atoms with Gasteiger partial charge in [0.2, 0.25) is 0 Å². The van der Waals surface area contributed by atoms with E-state index in [4.69, 9.17) is 9.15 Å². The number of aromatic amines is 1. The standard InChI is InChI=1S/C23H26N2O5/c26-20(14-30-22(28)19-4-1-5-24-21(19)27)25(13-18-3-2-6-29-18)23-10-15-7-16(11-23)9-17(8-15)12-23/h1-6,15-17H,7-14H2,(H,24,27). The van der Waals surface area contributed by atoms with Crippen LogP contribution in [0.25, 0.3) is 0 Å². The molecule has 4 bridgehead atoms. The van der Waals surface area contributed by atoms with Gasteiger partial charge < -0.3 is 19.0 Å². The minimum Gasteiger partial charge on any atom is -0.467 e.